The molecule has 0 atom stereocenters. The van der Waals surface area contributed by atoms with Gasteiger partial charge in [-0.1, -0.05) is 0 Å². The first-order valence-electron chi connectivity index (χ1n) is 5.33. The lowest BCUT2D eigenvalue weighted by molar-refractivity contribution is 0.0695. The van der Waals surface area contributed by atoms with E-state index in [-0.39, 0.29) is 11.5 Å². The van der Waals surface area contributed by atoms with Crippen molar-refractivity contribution in [1.29, 1.82) is 0 Å². The molecule has 0 heterocycles. The first kappa shape index (κ1) is 13.7. The second-order valence-corrected chi connectivity index (χ2v) is 3.85. The summed E-state index contributed by atoms with van der Waals surface area (Å²) in [5.74, 6) is -4.83. The van der Waals surface area contributed by atoms with Gasteiger partial charge in [-0.15, -0.1) is 0 Å². The highest BCUT2D eigenvalue weighted by atomic mass is 19.1. The number of carboxylic acids is 1. The van der Waals surface area contributed by atoms with Crippen molar-refractivity contribution in [2.75, 3.05) is 5.73 Å². The number of carboxylic acid groups (broad SMARTS) is 1. The summed E-state index contributed by atoms with van der Waals surface area (Å²) in [5.41, 5.74) is 4.08. The summed E-state index contributed by atoms with van der Waals surface area (Å²) in [7, 11) is 0. The Balaban J connectivity index is 2.48. The first-order valence-corrected chi connectivity index (χ1v) is 5.33. The molecule has 20 heavy (non-hydrogen) atoms. The SMILES string of the molecule is Nc1c(F)ccc(Oc2cc(F)cc(F)c2)c1C(=O)O. The van der Waals surface area contributed by atoms with E-state index in [2.05, 4.69) is 0 Å². The van der Waals surface area contributed by atoms with E-state index in [9.17, 15) is 18.0 Å². The molecule has 4 nitrogen and oxygen atoms in total. The van der Waals surface area contributed by atoms with Crippen LogP contribution in [0, 0.1) is 17.5 Å². The minimum absolute atomic E-state index is 0.268. The van der Waals surface area contributed by atoms with Gasteiger partial charge >= 0.3 is 5.97 Å². The number of ether oxygens (including phenoxy) is 1. The number of rotatable bonds is 3. The third kappa shape index (κ3) is 2.66. The average Bonchev–Trinajstić information content (AvgIpc) is 2.32. The molecule has 0 aliphatic rings. The summed E-state index contributed by atoms with van der Waals surface area (Å²) >= 11 is 0. The number of nitrogen functional groups attached to an aromatic ring is 1. The predicted octanol–water partition coefficient (Wildman–Crippen LogP) is 3.18. The number of carbonyl (C=O) groups is 1. The van der Waals surface area contributed by atoms with E-state index in [1.807, 2.05) is 0 Å². The van der Waals surface area contributed by atoms with E-state index in [1.54, 1.807) is 0 Å². The van der Waals surface area contributed by atoms with Gasteiger partial charge in [-0.2, -0.15) is 0 Å². The fraction of sp³-hybridized carbons (Fsp3) is 0. The van der Waals surface area contributed by atoms with Gasteiger partial charge in [0.25, 0.3) is 0 Å². The van der Waals surface area contributed by atoms with E-state index in [0.717, 1.165) is 24.3 Å². The van der Waals surface area contributed by atoms with Gasteiger partial charge in [0.2, 0.25) is 0 Å². The number of anilines is 1. The molecule has 0 aliphatic heterocycles. The van der Waals surface area contributed by atoms with Crippen molar-refractivity contribution in [2.45, 2.75) is 0 Å². The lowest BCUT2D eigenvalue weighted by Gasteiger charge is -2.11. The van der Waals surface area contributed by atoms with E-state index < -0.39 is 34.7 Å². The Morgan fingerprint density at radius 2 is 1.70 bits per heavy atom. The molecule has 0 unspecified atom stereocenters. The number of benzene rings is 2. The number of nitrogens with two attached hydrogens (primary N) is 1. The molecule has 7 heteroatoms. The molecule has 0 bridgehead atoms. The second kappa shape index (κ2) is 5.12. The quantitative estimate of drug-likeness (QED) is 0.848. The molecule has 0 saturated heterocycles. The highest BCUT2D eigenvalue weighted by Crippen LogP contribution is 2.31. The number of hydrogen-bond donors (Lipinski definition) is 2. The Bertz CT molecular complexity index is 669. The molecule has 0 spiro atoms. The summed E-state index contributed by atoms with van der Waals surface area (Å²) in [5, 5.41) is 8.98. The Kier molecular flexibility index (Phi) is 3.51. The van der Waals surface area contributed by atoms with Crippen LogP contribution in [0.15, 0.2) is 30.3 Å². The fourth-order valence-electron chi connectivity index (χ4n) is 1.59. The summed E-state index contributed by atoms with van der Waals surface area (Å²) in [6, 6.07) is 4.25. The van der Waals surface area contributed by atoms with Gasteiger partial charge in [0, 0.05) is 18.2 Å². The van der Waals surface area contributed by atoms with Crippen molar-refractivity contribution in [1.82, 2.24) is 0 Å². The van der Waals surface area contributed by atoms with Gasteiger partial charge in [0.05, 0.1) is 5.69 Å². The van der Waals surface area contributed by atoms with Crippen LogP contribution >= 0.6 is 0 Å². The topological polar surface area (TPSA) is 72.5 Å². The summed E-state index contributed by atoms with van der Waals surface area (Å²) in [6.07, 6.45) is 0. The molecule has 0 aliphatic carbocycles. The normalized spacial score (nSPS) is 10.3. The lowest BCUT2D eigenvalue weighted by atomic mass is 10.1. The first-order chi connectivity index (χ1) is 9.38. The Labute approximate surface area is 111 Å². The minimum atomic E-state index is -1.52. The van der Waals surface area contributed by atoms with Crippen molar-refractivity contribution in [3.05, 3.63) is 53.3 Å². The maximum absolute atomic E-state index is 13.2. The third-order valence-electron chi connectivity index (χ3n) is 2.43. The molecule has 2 aromatic rings. The standard InChI is InChI=1S/C13H8F3NO3/c14-6-3-7(15)5-8(4-6)20-10-2-1-9(16)12(17)11(10)13(18)19/h1-5H,17H2,(H,18,19). The van der Waals surface area contributed by atoms with Crippen LogP contribution in [0.5, 0.6) is 11.5 Å². The number of hydrogen-bond acceptors (Lipinski definition) is 3. The molecular weight excluding hydrogens is 275 g/mol. The highest BCUT2D eigenvalue weighted by molar-refractivity contribution is 5.97. The third-order valence-corrected chi connectivity index (χ3v) is 2.43. The van der Waals surface area contributed by atoms with Crippen molar-refractivity contribution < 1.29 is 27.8 Å². The Hall–Kier alpha value is -2.70. The van der Waals surface area contributed by atoms with E-state index in [1.165, 1.54) is 0 Å². The van der Waals surface area contributed by atoms with E-state index in [0.29, 0.717) is 6.07 Å². The summed E-state index contributed by atoms with van der Waals surface area (Å²) < 4.78 is 44.3. The number of halogens is 3. The maximum Gasteiger partial charge on any atom is 0.341 e. The maximum atomic E-state index is 13.2. The van der Waals surface area contributed by atoms with Crippen LogP contribution in [0.3, 0.4) is 0 Å². The van der Waals surface area contributed by atoms with Crippen LogP contribution < -0.4 is 10.5 Å². The van der Waals surface area contributed by atoms with Crippen LogP contribution in [-0.2, 0) is 0 Å². The van der Waals surface area contributed by atoms with Crippen LogP contribution in [-0.4, -0.2) is 11.1 Å². The lowest BCUT2D eigenvalue weighted by Crippen LogP contribution is -2.07. The van der Waals surface area contributed by atoms with Crippen molar-refractivity contribution >= 4 is 11.7 Å². The van der Waals surface area contributed by atoms with Crippen LogP contribution in [0.25, 0.3) is 0 Å². The van der Waals surface area contributed by atoms with Crippen LogP contribution in [0.4, 0.5) is 18.9 Å². The molecule has 2 rings (SSSR count). The minimum Gasteiger partial charge on any atom is -0.477 e. The molecule has 0 fully saturated rings. The van der Waals surface area contributed by atoms with Gasteiger partial charge < -0.3 is 15.6 Å². The summed E-state index contributed by atoms with van der Waals surface area (Å²) in [6.45, 7) is 0. The molecule has 3 N–H and O–H groups in total. The van der Waals surface area contributed by atoms with Crippen LogP contribution in [0.1, 0.15) is 10.4 Å². The monoisotopic (exact) mass is 283 g/mol. The van der Waals surface area contributed by atoms with E-state index in [4.69, 9.17) is 15.6 Å². The second-order valence-electron chi connectivity index (χ2n) is 3.85. The van der Waals surface area contributed by atoms with E-state index >= 15 is 0 Å². The van der Waals surface area contributed by atoms with Crippen molar-refractivity contribution in [3.63, 3.8) is 0 Å². The smallest absolute Gasteiger partial charge is 0.341 e. The zero-order valence-electron chi connectivity index (χ0n) is 9.86. The molecular formula is C13H8F3NO3. The fourth-order valence-corrected chi connectivity index (χ4v) is 1.59. The van der Waals surface area contributed by atoms with Crippen molar-refractivity contribution in [2.24, 2.45) is 0 Å². The van der Waals surface area contributed by atoms with Crippen molar-refractivity contribution in [3.8, 4) is 11.5 Å². The number of aromatic carboxylic acids is 1. The molecule has 0 saturated carbocycles. The molecule has 2 aromatic carbocycles. The van der Waals surface area contributed by atoms with Gasteiger partial charge in [-0.05, 0) is 12.1 Å². The predicted molar refractivity (Wildman–Crippen MR) is 64.2 cm³/mol. The summed E-state index contributed by atoms with van der Waals surface area (Å²) in [4.78, 5) is 11.0. The van der Waals surface area contributed by atoms with Crippen LogP contribution in [0.2, 0.25) is 0 Å². The van der Waals surface area contributed by atoms with Gasteiger partial charge in [-0.3, -0.25) is 0 Å². The molecule has 0 amide bonds. The average molecular weight is 283 g/mol. The largest absolute Gasteiger partial charge is 0.477 e. The Morgan fingerprint density at radius 1 is 1.10 bits per heavy atom. The highest BCUT2D eigenvalue weighted by Gasteiger charge is 2.19. The zero-order valence-corrected chi connectivity index (χ0v) is 9.86. The molecule has 0 aromatic heterocycles. The molecule has 0 radical (unpaired) electrons. The van der Waals surface area contributed by atoms with Gasteiger partial charge in [0.15, 0.2) is 0 Å². The zero-order chi connectivity index (χ0) is 14.9. The van der Waals surface area contributed by atoms with Gasteiger partial charge in [0.1, 0.15) is 34.5 Å². The Morgan fingerprint density at radius 3 is 2.25 bits per heavy atom. The van der Waals surface area contributed by atoms with Gasteiger partial charge in [-0.25, -0.2) is 18.0 Å². The molecule has 104 valence electrons.